The second-order valence-corrected chi connectivity index (χ2v) is 15.6. The Balaban J connectivity index is 1.80. The number of anilines is 1. The Morgan fingerprint density at radius 2 is 1.45 bits per heavy atom. The molecule has 8 nitrogen and oxygen atoms in total. The fourth-order valence-corrected chi connectivity index (χ4v) is 7.42. The van der Waals surface area contributed by atoms with Crippen LogP contribution in [0, 0.1) is 0 Å². The van der Waals surface area contributed by atoms with Gasteiger partial charge in [-0.3, -0.25) is 9.78 Å². The molecule has 4 rings (SSSR count). The Kier molecular flexibility index (Phi) is 8.35. The summed E-state index contributed by atoms with van der Waals surface area (Å²) in [6, 6.07) is 3.76. The van der Waals surface area contributed by atoms with Gasteiger partial charge >= 0.3 is 0 Å². The Morgan fingerprint density at radius 3 is 1.98 bits per heavy atom. The first-order valence-electron chi connectivity index (χ1n) is 14.6. The van der Waals surface area contributed by atoms with Crippen LogP contribution in [0.3, 0.4) is 0 Å². The zero-order valence-corrected chi connectivity index (χ0v) is 29.2. The summed E-state index contributed by atoms with van der Waals surface area (Å²) in [6.45, 7) is 0.414. The van der Waals surface area contributed by atoms with E-state index in [1.54, 1.807) is 6.07 Å². The summed E-state index contributed by atoms with van der Waals surface area (Å²) in [4.78, 5) is 28.8. The number of ether oxygens (including phenoxy) is 1. The highest BCUT2D eigenvalue weighted by Gasteiger charge is 2.63. The average Bonchev–Trinajstić information content (AvgIpc) is 3.15. The van der Waals surface area contributed by atoms with E-state index >= 15 is 0 Å². The second-order valence-electron chi connectivity index (χ2n) is 14.8. The molecule has 0 radical (unpaired) electrons. The number of fused-ring (bicyclic) bond motifs is 1. The van der Waals surface area contributed by atoms with E-state index in [-0.39, 0.29) is 16.2 Å². The third-order valence-corrected chi connectivity index (χ3v) is 11.5. The van der Waals surface area contributed by atoms with Gasteiger partial charge in [-0.1, -0.05) is 34.7 Å². The van der Waals surface area contributed by atoms with Gasteiger partial charge in [0, 0.05) is 17.3 Å². The zero-order chi connectivity index (χ0) is 32.0. The molecule has 0 atom stereocenters. The SMILES string of the molecule is Bc1cc(CNc2nc3nc(B)n(C(B)(B)C(B)(B)N4C(B)(B)C(B)(B)OC(B)(B)C4(B)B)c3c(=O)[nH]2)cc(Cl)c1Cl. The number of benzene rings is 1. The lowest BCUT2D eigenvalue weighted by Crippen LogP contribution is -2.92. The highest BCUT2D eigenvalue weighted by molar-refractivity contribution is 6.61. The monoisotopic (exact) mass is 590 g/mol. The van der Waals surface area contributed by atoms with Crippen molar-refractivity contribution in [3.8, 4) is 0 Å². The van der Waals surface area contributed by atoms with Gasteiger partial charge in [0.2, 0.25) is 5.95 Å². The number of H-pyrrole nitrogens is 1. The predicted molar refractivity (Wildman–Crippen MR) is 215 cm³/mol. The zero-order valence-electron chi connectivity index (χ0n) is 27.7. The van der Waals surface area contributed by atoms with Crippen molar-refractivity contribution >= 4 is 161 Å². The lowest BCUT2D eigenvalue weighted by atomic mass is 9.26. The van der Waals surface area contributed by atoms with Gasteiger partial charge in [-0.05, 0) is 33.0 Å². The van der Waals surface area contributed by atoms with Crippen molar-refractivity contribution in [3.05, 3.63) is 38.1 Å². The van der Waals surface area contributed by atoms with Crippen molar-refractivity contribution in [2.45, 2.75) is 38.7 Å². The van der Waals surface area contributed by atoms with Gasteiger partial charge in [0.1, 0.15) is 102 Å². The molecule has 42 heavy (non-hydrogen) atoms. The van der Waals surface area contributed by atoms with Crippen LogP contribution in [-0.2, 0) is 16.6 Å². The highest BCUT2D eigenvalue weighted by Crippen LogP contribution is 2.45. The van der Waals surface area contributed by atoms with Gasteiger partial charge in [0.05, 0.1) is 15.8 Å². The number of aromatic nitrogens is 4. The number of rotatable bonds is 6. The average molecular weight is 589 g/mol. The normalized spacial score (nSPS) is 19.9. The first-order valence-corrected chi connectivity index (χ1v) is 15.3. The van der Waals surface area contributed by atoms with E-state index in [1.165, 1.54) is 0 Å². The maximum atomic E-state index is 13.7. The van der Waals surface area contributed by atoms with Gasteiger partial charge in [-0.15, -0.1) is 0 Å². The molecular formula is C18H34B14Cl2N6O2. The van der Waals surface area contributed by atoms with Crippen LogP contribution in [0.25, 0.3) is 11.2 Å². The lowest BCUT2D eigenvalue weighted by molar-refractivity contribution is -0.126. The van der Waals surface area contributed by atoms with Crippen LogP contribution in [0.2, 0.25) is 10.0 Å². The smallest absolute Gasteiger partial charge is 0.278 e. The van der Waals surface area contributed by atoms with Crippen LogP contribution in [-0.4, -0.2) is 161 Å². The number of nitrogens with one attached hydrogen (secondary N) is 2. The summed E-state index contributed by atoms with van der Waals surface area (Å²) in [5, 5.41) is 1.56. The minimum Gasteiger partial charge on any atom is -0.403 e. The van der Waals surface area contributed by atoms with E-state index in [4.69, 9.17) is 37.9 Å². The van der Waals surface area contributed by atoms with E-state index in [0.717, 1.165) is 16.8 Å². The molecule has 0 aliphatic carbocycles. The lowest BCUT2D eigenvalue weighted by Gasteiger charge is -2.75. The molecule has 0 unspecified atom stereocenters. The van der Waals surface area contributed by atoms with Crippen LogP contribution >= 0.6 is 23.2 Å². The molecule has 24 heteroatoms. The first-order chi connectivity index (χ1) is 18.9. The highest BCUT2D eigenvalue weighted by atomic mass is 35.5. The number of imidazole rings is 1. The molecule has 1 aromatic carbocycles. The number of aromatic amines is 1. The molecule has 0 bridgehead atoms. The van der Waals surface area contributed by atoms with Crippen LogP contribution in [0.5, 0.6) is 0 Å². The number of hydrogen-bond acceptors (Lipinski definition) is 6. The number of halogens is 2. The molecule has 0 spiro atoms. The fraction of sp³-hybridized carbons (Fsp3) is 0.389. The molecule has 2 N–H and O–H groups in total. The molecule has 1 fully saturated rings. The van der Waals surface area contributed by atoms with E-state index in [0.29, 0.717) is 33.7 Å². The van der Waals surface area contributed by atoms with Gasteiger partial charge in [0.15, 0.2) is 19.0 Å². The van der Waals surface area contributed by atoms with Crippen molar-refractivity contribution in [1.82, 2.24) is 24.4 Å². The summed E-state index contributed by atoms with van der Waals surface area (Å²) >= 11 is 12.5. The van der Waals surface area contributed by atoms with Gasteiger partial charge < -0.3 is 19.5 Å². The van der Waals surface area contributed by atoms with Crippen LogP contribution in [0.1, 0.15) is 5.56 Å². The molecule has 3 heterocycles. The van der Waals surface area contributed by atoms with E-state index < -0.39 is 21.5 Å². The quantitative estimate of drug-likeness (QED) is 0.278. The maximum absolute atomic E-state index is 13.7. The van der Waals surface area contributed by atoms with Crippen molar-refractivity contribution in [3.63, 3.8) is 0 Å². The van der Waals surface area contributed by atoms with Crippen molar-refractivity contribution in [1.29, 1.82) is 0 Å². The minimum atomic E-state index is -0.592. The van der Waals surface area contributed by atoms with E-state index in [1.807, 2.05) is 21.8 Å². The Labute approximate surface area is 271 Å². The molecule has 2 aromatic heterocycles. The summed E-state index contributed by atoms with van der Waals surface area (Å²) in [6.07, 6.45) is 0. The van der Waals surface area contributed by atoms with Crippen LogP contribution in [0.4, 0.5) is 5.95 Å². The predicted octanol–water partition coefficient (Wildman–Crippen LogP) is -13.6. The standard InChI is InChI=1S/C18H34B14Cl2N6O2/c19-5-1-4(2-6(33)7(5)34)3-35-12-37-9-8(10(41)38-12)39(11(20)36-9)13(21,22)14(23,24)40-15(25,26)17(29,30)42-18(31,32)16(40,27)28/h1-2H,3,19-32H2,(H2,35,37,38,41). The molecule has 204 valence electrons. The van der Waals surface area contributed by atoms with Crippen molar-refractivity contribution < 1.29 is 4.74 Å². The summed E-state index contributed by atoms with van der Waals surface area (Å²) in [5.41, 5.74) is 3.13. The number of hydrogen-bond donors (Lipinski definition) is 2. The maximum Gasteiger partial charge on any atom is 0.278 e. The molecule has 1 aliphatic heterocycles. The van der Waals surface area contributed by atoms with Crippen molar-refractivity contribution in [2.75, 3.05) is 5.32 Å². The third kappa shape index (κ3) is 5.04. The van der Waals surface area contributed by atoms with Gasteiger partial charge in [-0.2, -0.15) is 4.98 Å². The van der Waals surface area contributed by atoms with Gasteiger partial charge in [0.25, 0.3) is 5.56 Å². The Morgan fingerprint density at radius 1 is 0.905 bits per heavy atom. The van der Waals surface area contributed by atoms with E-state index in [2.05, 4.69) is 114 Å². The molecule has 0 amide bonds. The van der Waals surface area contributed by atoms with Crippen LogP contribution in [0.15, 0.2) is 16.9 Å². The summed E-state index contributed by atoms with van der Waals surface area (Å²) < 4.78 is 8.83. The molecule has 1 aliphatic rings. The Hall–Kier alpha value is -1.22. The first kappa shape index (κ1) is 33.7. The summed E-state index contributed by atoms with van der Waals surface area (Å²) in [7, 11) is 30.4. The van der Waals surface area contributed by atoms with Crippen LogP contribution < -0.4 is 22.1 Å². The van der Waals surface area contributed by atoms with E-state index in [9.17, 15) is 4.79 Å². The van der Waals surface area contributed by atoms with Crippen molar-refractivity contribution in [2.24, 2.45) is 0 Å². The topological polar surface area (TPSA) is 88.1 Å². The molecule has 0 saturated carbocycles. The number of morpholine rings is 1. The summed E-state index contributed by atoms with van der Waals surface area (Å²) in [5.74, 6) is 0.344. The molecule has 1 saturated heterocycles. The molecule has 3 aromatic rings. The third-order valence-electron chi connectivity index (χ3n) is 10.6. The Bertz CT molecular complexity index is 1580. The minimum absolute atomic E-state index is 0.251. The number of nitrogens with zero attached hydrogens (tertiary/aromatic N) is 4. The largest absolute Gasteiger partial charge is 0.403 e. The van der Waals surface area contributed by atoms with Gasteiger partial charge in [-0.25, -0.2) is 4.98 Å². The molecular weight excluding hydrogens is 555 g/mol. The fourth-order valence-electron chi connectivity index (χ4n) is 7.02. The second kappa shape index (κ2) is 10.4.